The van der Waals surface area contributed by atoms with E-state index in [-0.39, 0.29) is 12.5 Å². The van der Waals surface area contributed by atoms with E-state index in [2.05, 4.69) is 6.92 Å². The maximum atomic E-state index is 11.7. The molecule has 0 aliphatic rings. The lowest BCUT2D eigenvalue weighted by molar-refractivity contribution is 0.116. The van der Waals surface area contributed by atoms with Gasteiger partial charge in [-0.1, -0.05) is 40.0 Å². The summed E-state index contributed by atoms with van der Waals surface area (Å²) in [7, 11) is -3.85. The van der Waals surface area contributed by atoms with Gasteiger partial charge in [-0.25, -0.2) is 0 Å². The molecule has 0 radical (unpaired) electrons. The summed E-state index contributed by atoms with van der Waals surface area (Å²) < 4.78 is 16.9. The van der Waals surface area contributed by atoms with Crippen molar-refractivity contribution in [2.45, 2.75) is 71.2 Å². The Balaban J connectivity index is 4.30. The van der Waals surface area contributed by atoms with Gasteiger partial charge in [0.2, 0.25) is 0 Å². The Labute approximate surface area is 98.6 Å². The molecule has 0 saturated carbocycles. The number of unbranched alkanes of at least 4 members (excludes halogenated alkanes) is 1. The van der Waals surface area contributed by atoms with Crippen molar-refractivity contribution in [3.05, 3.63) is 0 Å². The van der Waals surface area contributed by atoms with Gasteiger partial charge in [0.15, 0.2) is 5.85 Å². The summed E-state index contributed by atoms with van der Waals surface area (Å²) in [4.78, 5) is 9.56. The van der Waals surface area contributed by atoms with Gasteiger partial charge in [-0.15, -0.1) is 0 Å². The maximum Gasteiger partial charge on any atom is 0.356 e. The fourth-order valence-corrected chi connectivity index (χ4v) is 2.76. The summed E-state index contributed by atoms with van der Waals surface area (Å²) >= 11 is 0. The van der Waals surface area contributed by atoms with Gasteiger partial charge in [0.1, 0.15) is 0 Å². The Bertz CT molecular complexity index is 220. The van der Waals surface area contributed by atoms with Crippen molar-refractivity contribution in [2.75, 3.05) is 0 Å². The first-order chi connectivity index (χ1) is 7.47. The lowest BCUT2D eigenvalue weighted by Gasteiger charge is -2.23. The van der Waals surface area contributed by atoms with Gasteiger partial charge in [0.05, 0.1) is 6.10 Å². The van der Waals surface area contributed by atoms with E-state index in [4.69, 9.17) is 4.52 Å². The Morgan fingerprint density at radius 3 is 2.25 bits per heavy atom. The summed E-state index contributed by atoms with van der Waals surface area (Å²) in [5, 5.41) is 9.39. The van der Waals surface area contributed by atoms with Crippen molar-refractivity contribution in [3.63, 3.8) is 0 Å². The molecule has 0 bridgehead atoms. The molecule has 4 nitrogen and oxygen atoms in total. The van der Waals surface area contributed by atoms with Crippen molar-refractivity contribution in [2.24, 2.45) is 0 Å². The smallest absolute Gasteiger partial charge is 0.356 e. The number of aliphatic hydroxyl groups is 1. The van der Waals surface area contributed by atoms with E-state index in [0.29, 0.717) is 0 Å². The molecule has 0 aliphatic heterocycles. The highest BCUT2D eigenvalue weighted by Crippen LogP contribution is 2.49. The molecular formula is C11H25O4P. The van der Waals surface area contributed by atoms with Crippen LogP contribution in [-0.4, -0.2) is 21.9 Å². The van der Waals surface area contributed by atoms with E-state index in [1.54, 1.807) is 6.92 Å². The molecule has 0 amide bonds. The quantitative estimate of drug-likeness (QED) is 0.618. The largest absolute Gasteiger partial charge is 0.380 e. The zero-order valence-corrected chi connectivity index (χ0v) is 11.4. The molecular weight excluding hydrogens is 227 g/mol. The maximum absolute atomic E-state index is 11.7. The van der Waals surface area contributed by atoms with Crippen molar-refractivity contribution < 1.29 is 19.1 Å². The lowest BCUT2D eigenvalue weighted by Crippen LogP contribution is -2.16. The zero-order valence-electron chi connectivity index (χ0n) is 10.6. The standard InChI is InChI=1S/C11H25O4P/c1-4-7-9-10(8-5-2)15-16(13,14)11(12)6-3/h10-12H,4-9H2,1-3H3,(H,13,14). The highest BCUT2D eigenvalue weighted by atomic mass is 31.2. The second-order valence-electron chi connectivity index (χ2n) is 4.11. The van der Waals surface area contributed by atoms with Crippen LogP contribution in [-0.2, 0) is 9.09 Å². The molecule has 0 heterocycles. The van der Waals surface area contributed by atoms with E-state index in [0.717, 1.165) is 32.1 Å². The summed E-state index contributed by atoms with van der Waals surface area (Å²) in [6.45, 7) is 5.75. The SMILES string of the molecule is CCCCC(CCC)OP(=O)(O)C(O)CC. The van der Waals surface area contributed by atoms with Crippen LogP contribution in [0, 0.1) is 0 Å². The first-order valence-electron chi connectivity index (χ1n) is 6.16. The minimum absolute atomic E-state index is 0.206. The average Bonchev–Trinajstić information content (AvgIpc) is 2.24. The lowest BCUT2D eigenvalue weighted by atomic mass is 10.1. The molecule has 0 spiro atoms. The second-order valence-corrected chi connectivity index (χ2v) is 6.05. The molecule has 3 atom stereocenters. The summed E-state index contributed by atoms with van der Waals surface area (Å²) in [5.74, 6) is -1.26. The van der Waals surface area contributed by atoms with E-state index >= 15 is 0 Å². The molecule has 5 heteroatoms. The Kier molecular flexibility index (Phi) is 8.29. The molecule has 0 aromatic heterocycles. The number of aliphatic hydroxyl groups excluding tert-OH is 1. The molecule has 16 heavy (non-hydrogen) atoms. The normalized spacial score (nSPS) is 19.1. The summed E-state index contributed by atoms with van der Waals surface area (Å²) in [6, 6.07) is 0. The molecule has 3 unspecified atom stereocenters. The molecule has 2 N–H and O–H groups in total. The Hall–Kier alpha value is 0.110. The number of hydrogen-bond acceptors (Lipinski definition) is 3. The van der Waals surface area contributed by atoms with E-state index in [1.165, 1.54) is 0 Å². The Morgan fingerprint density at radius 2 is 1.81 bits per heavy atom. The van der Waals surface area contributed by atoms with E-state index in [1.807, 2.05) is 6.92 Å². The Morgan fingerprint density at radius 1 is 1.19 bits per heavy atom. The zero-order chi connectivity index (χ0) is 12.6. The average molecular weight is 252 g/mol. The molecule has 0 aliphatic carbocycles. The van der Waals surface area contributed by atoms with Crippen molar-refractivity contribution >= 4 is 7.60 Å². The first-order valence-corrected chi connectivity index (χ1v) is 7.81. The van der Waals surface area contributed by atoms with Crippen LogP contribution < -0.4 is 0 Å². The third kappa shape index (κ3) is 6.00. The third-order valence-electron chi connectivity index (χ3n) is 2.53. The molecule has 98 valence electrons. The highest BCUT2D eigenvalue weighted by molar-refractivity contribution is 7.53. The molecule has 0 aromatic carbocycles. The van der Waals surface area contributed by atoms with Crippen LogP contribution in [0.3, 0.4) is 0 Å². The number of rotatable bonds is 9. The van der Waals surface area contributed by atoms with Crippen LogP contribution in [0.1, 0.15) is 59.3 Å². The van der Waals surface area contributed by atoms with Gasteiger partial charge in [-0.05, 0) is 19.3 Å². The first kappa shape index (κ1) is 16.1. The predicted octanol–water partition coefficient (Wildman–Crippen LogP) is 3.28. The van der Waals surface area contributed by atoms with Crippen molar-refractivity contribution in [1.29, 1.82) is 0 Å². The van der Waals surface area contributed by atoms with Crippen molar-refractivity contribution in [3.8, 4) is 0 Å². The highest BCUT2D eigenvalue weighted by Gasteiger charge is 2.31. The second kappa shape index (κ2) is 8.24. The van der Waals surface area contributed by atoms with E-state index < -0.39 is 13.4 Å². The predicted molar refractivity (Wildman–Crippen MR) is 65.4 cm³/mol. The fourth-order valence-electron chi connectivity index (χ4n) is 1.52. The van der Waals surface area contributed by atoms with Gasteiger partial charge in [-0.3, -0.25) is 4.57 Å². The number of hydrogen-bond donors (Lipinski definition) is 2. The van der Waals surface area contributed by atoms with Gasteiger partial charge in [-0.2, -0.15) is 0 Å². The van der Waals surface area contributed by atoms with Crippen LogP contribution in [0.25, 0.3) is 0 Å². The summed E-state index contributed by atoms with van der Waals surface area (Å²) in [6.07, 6.45) is 4.51. The van der Waals surface area contributed by atoms with Gasteiger partial charge in [0, 0.05) is 0 Å². The molecule has 0 saturated heterocycles. The molecule has 0 aromatic rings. The van der Waals surface area contributed by atoms with Crippen LogP contribution in [0.15, 0.2) is 0 Å². The van der Waals surface area contributed by atoms with Crippen LogP contribution in [0.4, 0.5) is 0 Å². The molecule has 0 fully saturated rings. The van der Waals surface area contributed by atoms with Gasteiger partial charge >= 0.3 is 7.60 Å². The minimum Gasteiger partial charge on any atom is -0.380 e. The van der Waals surface area contributed by atoms with E-state index in [9.17, 15) is 14.6 Å². The minimum atomic E-state index is -3.85. The monoisotopic (exact) mass is 252 g/mol. The fraction of sp³-hybridized carbons (Fsp3) is 1.00. The van der Waals surface area contributed by atoms with Crippen LogP contribution in [0.5, 0.6) is 0 Å². The van der Waals surface area contributed by atoms with Gasteiger partial charge in [0.25, 0.3) is 0 Å². The van der Waals surface area contributed by atoms with Crippen LogP contribution >= 0.6 is 7.60 Å². The summed E-state index contributed by atoms with van der Waals surface area (Å²) in [5.41, 5.74) is 0. The topological polar surface area (TPSA) is 66.8 Å². The third-order valence-corrected chi connectivity index (χ3v) is 4.25. The van der Waals surface area contributed by atoms with Crippen molar-refractivity contribution in [1.82, 2.24) is 0 Å². The molecule has 0 rings (SSSR count). The van der Waals surface area contributed by atoms with Crippen LogP contribution in [0.2, 0.25) is 0 Å². The van der Waals surface area contributed by atoms with Gasteiger partial charge < -0.3 is 14.5 Å².